The number of hydrogen-bond donors (Lipinski definition) is 0. The Balaban J connectivity index is 1.86. The van der Waals surface area contributed by atoms with E-state index >= 15 is 0 Å². The molecule has 0 amide bonds. The first-order chi connectivity index (χ1) is 12.5. The zero-order valence-corrected chi connectivity index (χ0v) is 16.2. The Labute approximate surface area is 160 Å². The van der Waals surface area contributed by atoms with Gasteiger partial charge in [0.05, 0.1) is 35.8 Å². The second kappa shape index (κ2) is 10.4. The van der Waals surface area contributed by atoms with Gasteiger partial charge in [-0.25, -0.2) is 4.79 Å². The monoisotopic (exact) mass is 382 g/mol. The summed E-state index contributed by atoms with van der Waals surface area (Å²) in [5, 5.41) is 0.323. The van der Waals surface area contributed by atoms with E-state index in [1.807, 2.05) is 13.8 Å². The molecular formula is C20H27ClO5. The summed E-state index contributed by atoms with van der Waals surface area (Å²) in [5.41, 5.74) is 0.348. The molecule has 1 aliphatic carbocycles. The van der Waals surface area contributed by atoms with Crippen molar-refractivity contribution in [2.24, 2.45) is 5.92 Å². The number of carbonyl (C=O) groups excluding carboxylic acids is 2. The topological polar surface area (TPSA) is 61.8 Å². The molecule has 0 unspecified atom stereocenters. The molecule has 2 rings (SSSR count). The fourth-order valence-electron chi connectivity index (χ4n) is 2.99. The van der Waals surface area contributed by atoms with Crippen LogP contribution in [0.2, 0.25) is 5.02 Å². The molecule has 0 bridgehead atoms. The Hall–Kier alpha value is -1.75. The van der Waals surface area contributed by atoms with Crippen LogP contribution in [0.1, 0.15) is 62.7 Å². The van der Waals surface area contributed by atoms with Crippen LogP contribution in [0.15, 0.2) is 18.2 Å². The Morgan fingerprint density at radius 1 is 1.12 bits per heavy atom. The lowest BCUT2D eigenvalue weighted by Gasteiger charge is -2.27. The third-order valence-corrected chi connectivity index (χ3v) is 4.80. The maximum absolute atomic E-state index is 12.0. The predicted octanol–water partition coefficient (Wildman–Crippen LogP) is 4.80. The molecule has 0 spiro atoms. The molecule has 0 aromatic heterocycles. The minimum absolute atomic E-state index is 0.0290. The van der Waals surface area contributed by atoms with Crippen LogP contribution in [0.3, 0.4) is 0 Å². The lowest BCUT2D eigenvalue weighted by molar-refractivity contribution is -0.149. The number of halogens is 1. The molecule has 0 atom stereocenters. The molecule has 1 aliphatic rings. The average Bonchev–Trinajstić information content (AvgIpc) is 2.62. The van der Waals surface area contributed by atoms with Crippen molar-refractivity contribution in [3.8, 4) is 5.75 Å². The molecule has 1 saturated carbocycles. The van der Waals surface area contributed by atoms with Crippen molar-refractivity contribution in [1.29, 1.82) is 0 Å². The van der Waals surface area contributed by atoms with Crippen molar-refractivity contribution < 1.29 is 23.8 Å². The van der Waals surface area contributed by atoms with Crippen LogP contribution in [-0.2, 0) is 14.3 Å². The molecule has 26 heavy (non-hydrogen) atoms. The number of esters is 2. The van der Waals surface area contributed by atoms with E-state index in [0.717, 1.165) is 38.5 Å². The summed E-state index contributed by atoms with van der Waals surface area (Å²) in [6.07, 6.45) is 4.95. The van der Waals surface area contributed by atoms with Gasteiger partial charge >= 0.3 is 11.9 Å². The Kier molecular flexibility index (Phi) is 8.23. The van der Waals surface area contributed by atoms with Crippen LogP contribution in [0.25, 0.3) is 0 Å². The zero-order chi connectivity index (χ0) is 18.9. The molecule has 144 valence electrons. The number of carbonyl (C=O) groups is 2. The molecule has 6 heteroatoms. The zero-order valence-electron chi connectivity index (χ0n) is 15.5. The number of benzene rings is 1. The van der Waals surface area contributed by atoms with Crippen molar-refractivity contribution >= 4 is 23.5 Å². The highest BCUT2D eigenvalue weighted by molar-refractivity contribution is 6.33. The predicted molar refractivity (Wildman–Crippen MR) is 99.6 cm³/mol. The number of ether oxygens (including phenoxy) is 3. The fraction of sp³-hybridized carbons (Fsp3) is 0.600. The van der Waals surface area contributed by atoms with Crippen molar-refractivity contribution in [1.82, 2.24) is 0 Å². The van der Waals surface area contributed by atoms with E-state index in [4.69, 9.17) is 25.8 Å². The van der Waals surface area contributed by atoms with Crippen LogP contribution in [0.5, 0.6) is 5.75 Å². The molecule has 1 aromatic carbocycles. The van der Waals surface area contributed by atoms with Crippen molar-refractivity contribution in [2.75, 3.05) is 13.2 Å². The smallest absolute Gasteiger partial charge is 0.339 e. The molecule has 0 radical (unpaired) electrons. The van der Waals surface area contributed by atoms with Crippen LogP contribution in [0, 0.1) is 5.92 Å². The van der Waals surface area contributed by atoms with Gasteiger partial charge in [0.2, 0.25) is 0 Å². The van der Waals surface area contributed by atoms with Crippen LogP contribution >= 0.6 is 11.6 Å². The molecule has 1 fully saturated rings. The second-order valence-corrected chi connectivity index (χ2v) is 6.88. The van der Waals surface area contributed by atoms with E-state index in [1.165, 1.54) is 0 Å². The lowest BCUT2D eigenvalue weighted by Crippen LogP contribution is -2.29. The van der Waals surface area contributed by atoms with Gasteiger partial charge in [-0.3, -0.25) is 4.79 Å². The van der Waals surface area contributed by atoms with Gasteiger partial charge in [-0.05, 0) is 57.2 Å². The standard InChI is InChI=1S/C20H27ClO5/c1-3-5-12-25-20(23)17-11-10-16(13-18(17)21)26-15-8-6-14(7-9-15)19(22)24-4-2/h10-11,13-15H,3-9,12H2,1-2H3. The minimum atomic E-state index is -0.412. The molecule has 5 nitrogen and oxygen atoms in total. The molecule has 0 saturated heterocycles. The van der Waals surface area contributed by atoms with E-state index in [9.17, 15) is 9.59 Å². The quantitative estimate of drug-likeness (QED) is 0.477. The molecule has 0 N–H and O–H groups in total. The summed E-state index contributed by atoms with van der Waals surface area (Å²) in [6.45, 7) is 4.67. The van der Waals surface area contributed by atoms with Crippen LogP contribution in [-0.4, -0.2) is 31.3 Å². The molecule has 0 heterocycles. The molecule has 1 aromatic rings. The van der Waals surface area contributed by atoms with Crippen molar-refractivity contribution in [2.45, 2.75) is 58.5 Å². The third-order valence-electron chi connectivity index (χ3n) is 4.49. The van der Waals surface area contributed by atoms with Gasteiger partial charge in [0.25, 0.3) is 0 Å². The van der Waals surface area contributed by atoms with Crippen LogP contribution < -0.4 is 4.74 Å². The number of rotatable bonds is 8. The fourth-order valence-corrected chi connectivity index (χ4v) is 3.24. The normalized spacial score (nSPS) is 19.7. The highest BCUT2D eigenvalue weighted by Crippen LogP contribution is 2.30. The number of hydrogen-bond acceptors (Lipinski definition) is 5. The first kappa shape index (κ1) is 20.6. The largest absolute Gasteiger partial charge is 0.490 e. The first-order valence-corrected chi connectivity index (χ1v) is 9.72. The van der Waals surface area contributed by atoms with E-state index in [0.29, 0.717) is 29.5 Å². The lowest BCUT2D eigenvalue weighted by atomic mass is 9.87. The summed E-state index contributed by atoms with van der Waals surface area (Å²) in [6, 6.07) is 5.02. The first-order valence-electron chi connectivity index (χ1n) is 9.35. The maximum Gasteiger partial charge on any atom is 0.339 e. The number of unbranched alkanes of at least 4 members (excludes halogenated alkanes) is 1. The van der Waals surface area contributed by atoms with E-state index < -0.39 is 5.97 Å². The summed E-state index contributed by atoms with van der Waals surface area (Å²) in [5.74, 6) is 0.0724. The van der Waals surface area contributed by atoms with Crippen molar-refractivity contribution in [3.63, 3.8) is 0 Å². The maximum atomic E-state index is 12.0. The Morgan fingerprint density at radius 3 is 2.46 bits per heavy atom. The van der Waals surface area contributed by atoms with E-state index in [1.54, 1.807) is 18.2 Å². The van der Waals surface area contributed by atoms with Gasteiger partial charge in [0.15, 0.2) is 0 Å². The van der Waals surface area contributed by atoms with Gasteiger partial charge in [0, 0.05) is 0 Å². The summed E-state index contributed by atoms with van der Waals surface area (Å²) in [7, 11) is 0. The van der Waals surface area contributed by atoms with Crippen LogP contribution in [0.4, 0.5) is 0 Å². The average molecular weight is 383 g/mol. The van der Waals surface area contributed by atoms with E-state index in [2.05, 4.69) is 0 Å². The third kappa shape index (κ3) is 5.90. The highest BCUT2D eigenvalue weighted by atomic mass is 35.5. The summed E-state index contributed by atoms with van der Waals surface area (Å²) >= 11 is 6.21. The summed E-state index contributed by atoms with van der Waals surface area (Å²) < 4.78 is 16.2. The van der Waals surface area contributed by atoms with Crippen molar-refractivity contribution in [3.05, 3.63) is 28.8 Å². The van der Waals surface area contributed by atoms with Gasteiger partial charge in [-0.2, -0.15) is 0 Å². The van der Waals surface area contributed by atoms with Gasteiger partial charge in [-0.15, -0.1) is 0 Å². The Bertz CT molecular complexity index is 608. The summed E-state index contributed by atoms with van der Waals surface area (Å²) in [4.78, 5) is 23.8. The highest BCUT2D eigenvalue weighted by Gasteiger charge is 2.28. The van der Waals surface area contributed by atoms with Gasteiger partial charge in [-0.1, -0.05) is 24.9 Å². The van der Waals surface area contributed by atoms with Gasteiger partial charge in [0.1, 0.15) is 5.75 Å². The van der Waals surface area contributed by atoms with Gasteiger partial charge < -0.3 is 14.2 Å². The molecule has 0 aliphatic heterocycles. The minimum Gasteiger partial charge on any atom is -0.490 e. The Morgan fingerprint density at radius 2 is 1.85 bits per heavy atom. The second-order valence-electron chi connectivity index (χ2n) is 6.47. The molecular weight excluding hydrogens is 356 g/mol. The van der Waals surface area contributed by atoms with E-state index in [-0.39, 0.29) is 18.0 Å². The SMILES string of the molecule is CCCCOC(=O)c1ccc(OC2CCC(C(=O)OCC)CC2)cc1Cl.